The summed E-state index contributed by atoms with van der Waals surface area (Å²) in [5.74, 6) is 0. The van der Waals surface area contributed by atoms with Crippen LogP contribution < -0.4 is 10.6 Å². The van der Waals surface area contributed by atoms with Crippen molar-refractivity contribution in [3.8, 4) is 5.69 Å². The number of rotatable bonds is 4. The molecule has 24 heavy (non-hydrogen) atoms. The van der Waals surface area contributed by atoms with Gasteiger partial charge < -0.3 is 15.2 Å². The van der Waals surface area contributed by atoms with Crippen LogP contribution >= 0.6 is 28.1 Å². The van der Waals surface area contributed by atoms with Crippen molar-refractivity contribution in [1.82, 2.24) is 14.9 Å². The fourth-order valence-electron chi connectivity index (χ4n) is 2.28. The average Bonchev–Trinajstić information content (AvgIpc) is 3.11. The maximum Gasteiger partial charge on any atom is 0.171 e. The fraction of sp³-hybridized carbons (Fsp3) is 0.111. The zero-order valence-corrected chi connectivity index (χ0v) is 15.6. The van der Waals surface area contributed by atoms with Crippen molar-refractivity contribution >= 4 is 38.9 Å². The number of imidazole rings is 1. The third-order valence-electron chi connectivity index (χ3n) is 3.61. The van der Waals surface area contributed by atoms with Gasteiger partial charge in [-0.3, -0.25) is 0 Å². The fourth-order valence-corrected chi connectivity index (χ4v) is 2.71. The third-order valence-corrected chi connectivity index (χ3v) is 4.74. The highest BCUT2D eigenvalue weighted by Gasteiger charge is 2.01. The highest BCUT2D eigenvalue weighted by atomic mass is 79.9. The summed E-state index contributed by atoms with van der Waals surface area (Å²) in [5.41, 5.74) is 4.39. The molecule has 0 bridgehead atoms. The number of hydrogen-bond donors (Lipinski definition) is 2. The van der Waals surface area contributed by atoms with Gasteiger partial charge in [-0.1, -0.05) is 28.1 Å². The molecule has 0 saturated carbocycles. The molecule has 2 aromatic carbocycles. The van der Waals surface area contributed by atoms with E-state index in [-0.39, 0.29) is 0 Å². The van der Waals surface area contributed by atoms with Crippen molar-refractivity contribution in [1.29, 1.82) is 0 Å². The van der Waals surface area contributed by atoms with E-state index in [4.69, 9.17) is 12.2 Å². The summed E-state index contributed by atoms with van der Waals surface area (Å²) in [4.78, 5) is 4.05. The molecule has 6 heteroatoms. The standard InChI is InChI=1S/C18H17BrN4S/c1-13-10-15(4-7-17(13)19)22-18(24)21-11-14-2-5-16(6-3-14)23-9-8-20-12-23/h2-10,12H,11H2,1H3,(H2,21,22,24). The van der Waals surface area contributed by atoms with E-state index in [9.17, 15) is 0 Å². The molecule has 4 nitrogen and oxygen atoms in total. The second-order valence-corrected chi connectivity index (χ2v) is 6.67. The summed E-state index contributed by atoms with van der Waals surface area (Å²) in [6, 6.07) is 14.3. The number of thiocarbonyl (C=S) groups is 1. The van der Waals surface area contributed by atoms with Gasteiger partial charge in [0.2, 0.25) is 0 Å². The maximum atomic E-state index is 5.36. The molecule has 0 fully saturated rings. The lowest BCUT2D eigenvalue weighted by molar-refractivity contribution is 0.923. The first-order chi connectivity index (χ1) is 11.6. The van der Waals surface area contributed by atoms with Crippen LogP contribution in [-0.2, 0) is 6.54 Å². The van der Waals surface area contributed by atoms with Crippen molar-refractivity contribution in [2.75, 3.05) is 5.32 Å². The molecule has 0 aliphatic heterocycles. The Labute approximate surface area is 155 Å². The van der Waals surface area contributed by atoms with Gasteiger partial charge in [0.05, 0.1) is 6.33 Å². The van der Waals surface area contributed by atoms with Crippen molar-refractivity contribution in [2.45, 2.75) is 13.5 Å². The smallest absolute Gasteiger partial charge is 0.171 e. The molecular weight excluding hydrogens is 384 g/mol. The van der Waals surface area contributed by atoms with E-state index in [2.05, 4.69) is 61.9 Å². The molecule has 1 heterocycles. The molecule has 0 atom stereocenters. The molecule has 0 unspecified atom stereocenters. The second-order valence-electron chi connectivity index (χ2n) is 5.41. The minimum Gasteiger partial charge on any atom is -0.358 e. The summed E-state index contributed by atoms with van der Waals surface area (Å²) >= 11 is 8.85. The first-order valence-corrected chi connectivity index (χ1v) is 8.70. The van der Waals surface area contributed by atoms with Gasteiger partial charge in [-0.15, -0.1) is 0 Å². The van der Waals surface area contributed by atoms with Crippen LogP contribution in [0.2, 0.25) is 0 Å². The lowest BCUT2D eigenvalue weighted by atomic mass is 10.2. The average molecular weight is 401 g/mol. The summed E-state index contributed by atoms with van der Waals surface area (Å²) < 4.78 is 3.06. The SMILES string of the molecule is Cc1cc(NC(=S)NCc2ccc(-n3ccnc3)cc2)ccc1Br. The second kappa shape index (κ2) is 7.59. The van der Waals surface area contributed by atoms with Gasteiger partial charge in [-0.2, -0.15) is 0 Å². The molecule has 3 rings (SSSR count). The normalized spacial score (nSPS) is 10.4. The van der Waals surface area contributed by atoms with Crippen molar-refractivity contribution in [3.63, 3.8) is 0 Å². The lowest BCUT2D eigenvalue weighted by Crippen LogP contribution is -2.27. The number of anilines is 1. The largest absolute Gasteiger partial charge is 0.358 e. The molecule has 3 aromatic rings. The monoisotopic (exact) mass is 400 g/mol. The number of aryl methyl sites for hydroxylation is 1. The molecule has 0 aliphatic carbocycles. The number of hydrogen-bond acceptors (Lipinski definition) is 2. The number of aromatic nitrogens is 2. The molecule has 0 amide bonds. The highest BCUT2D eigenvalue weighted by Crippen LogP contribution is 2.19. The predicted octanol–water partition coefficient (Wildman–Crippen LogP) is 4.43. The van der Waals surface area contributed by atoms with Gasteiger partial charge >= 0.3 is 0 Å². The predicted molar refractivity (Wildman–Crippen MR) is 106 cm³/mol. The molecule has 0 spiro atoms. The molecule has 0 radical (unpaired) electrons. The Balaban J connectivity index is 1.55. The molecule has 0 aliphatic rings. The van der Waals surface area contributed by atoms with Gasteiger partial charge in [0.25, 0.3) is 0 Å². The Morgan fingerprint density at radius 2 is 2.00 bits per heavy atom. The molecule has 0 saturated heterocycles. The van der Waals surface area contributed by atoms with Crippen molar-refractivity contribution < 1.29 is 0 Å². The van der Waals surface area contributed by atoms with Gasteiger partial charge in [0, 0.05) is 34.8 Å². The van der Waals surface area contributed by atoms with Crippen LogP contribution in [0, 0.1) is 6.92 Å². The first kappa shape index (κ1) is 16.7. The van der Waals surface area contributed by atoms with Gasteiger partial charge in [0.15, 0.2) is 5.11 Å². The molecule has 2 N–H and O–H groups in total. The van der Waals surface area contributed by atoms with Crippen LogP contribution in [0.1, 0.15) is 11.1 Å². The van der Waals surface area contributed by atoms with Crippen LogP contribution in [0.25, 0.3) is 5.69 Å². The third kappa shape index (κ3) is 4.21. The summed E-state index contributed by atoms with van der Waals surface area (Å²) in [6.07, 6.45) is 5.47. The Morgan fingerprint density at radius 1 is 1.21 bits per heavy atom. The van der Waals surface area contributed by atoms with Crippen LogP contribution in [-0.4, -0.2) is 14.7 Å². The van der Waals surface area contributed by atoms with Crippen molar-refractivity contribution in [3.05, 3.63) is 76.8 Å². The van der Waals surface area contributed by atoms with E-state index in [1.54, 1.807) is 12.5 Å². The number of nitrogens with zero attached hydrogens (tertiary/aromatic N) is 2. The Hall–Kier alpha value is -2.18. The zero-order valence-electron chi connectivity index (χ0n) is 13.2. The highest BCUT2D eigenvalue weighted by molar-refractivity contribution is 9.10. The number of nitrogens with one attached hydrogen (secondary N) is 2. The minimum atomic E-state index is 0.607. The quantitative estimate of drug-likeness (QED) is 0.635. The van der Waals surface area contributed by atoms with E-state index in [1.165, 1.54) is 0 Å². The lowest BCUT2D eigenvalue weighted by Gasteiger charge is -2.12. The minimum absolute atomic E-state index is 0.607. The Kier molecular flexibility index (Phi) is 5.27. The van der Waals surface area contributed by atoms with Gasteiger partial charge in [0.1, 0.15) is 0 Å². The van der Waals surface area contributed by atoms with E-state index < -0.39 is 0 Å². The van der Waals surface area contributed by atoms with Gasteiger partial charge in [-0.25, -0.2) is 4.98 Å². The summed E-state index contributed by atoms with van der Waals surface area (Å²) in [5, 5.41) is 7.03. The van der Waals surface area contributed by atoms with Crippen LogP contribution in [0.4, 0.5) is 5.69 Å². The van der Waals surface area contributed by atoms with E-state index in [0.29, 0.717) is 11.7 Å². The van der Waals surface area contributed by atoms with Crippen LogP contribution in [0.15, 0.2) is 65.7 Å². The molecule has 122 valence electrons. The number of halogens is 1. The van der Waals surface area contributed by atoms with Gasteiger partial charge in [-0.05, 0) is 60.6 Å². The molecule has 1 aromatic heterocycles. The number of benzene rings is 2. The van der Waals surface area contributed by atoms with E-state index in [1.807, 2.05) is 29.8 Å². The summed E-state index contributed by atoms with van der Waals surface area (Å²) in [6.45, 7) is 2.72. The zero-order chi connectivity index (χ0) is 16.9. The first-order valence-electron chi connectivity index (χ1n) is 7.50. The van der Waals surface area contributed by atoms with Crippen LogP contribution in [0.5, 0.6) is 0 Å². The van der Waals surface area contributed by atoms with Crippen molar-refractivity contribution in [2.24, 2.45) is 0 Å². The Morgan fingerprint density at radius 3 is 2.67 bits per heavy atom. The van der Waals surface area contributed by atoms with E-state index in [0.717, 1.165) is 27.0 Å². The summed E-state index contributed by atoms with van der Waals surface area (Å²) in [7, 11) is 0. The van der Waals surface area contributed by atoms with Crippen LogP contribution in [0.3, 0.4) is 0 Å². The Bertz CT molecular complexity index is 829. The maximum absolute atomic E-state index is 5.36. The topological polar surface area (TPSA) is 41.9 Å². The van der Waals surface area contributed by atoms with E-state index >= 15 is 0 Å². The molecular formula is C18H17BrN4S.